The third-order valence-corrected chi connectivity index (χ3v) is 4.58. The summed E-state index contributed by atoms with van der Waals surface area (Å²) in [5, 5.41) is 17.5. The Hall–Kier alpha value is -4.05. The fraction of sp³-hybridized carbons (Fsp3) is 0. The van der Waals surface area contributed by atoms with Crippen molar-refractivity contribution in [3.63, 3.8) is 0 Å². The van der Waals surface area contributed by atoms with E-state index in [1.165, 1.54) is 11.3 Å². The summed E-state index contributed by atoms with van der Waals surface area (Å²) in [6, 6.07) is 22.2. The van der Waals surface area contributed by atoms with Crippen molar-refractivity contribution in [2.75, 3.05) is 15.7 Å². The van der Waals surface area contributed by atoms with Crippen LogP contribution in [0.2, 0.25) is 5.02 Å². The summed E-state index contributed by atoms with van der Waals surface area (Å²) in [4.78, 5) is 32.1. The van der Waals surface area contributed by atoms with Crippen LogP contribution in [-0.2, 0) is 4.94 Å². The number of rotatable bonds is 4. The molecule has 3 aromatic rings. The zero-order valence-corrected chi connectivity index (χ0v) is 17.3. The van der Waals surface area contributed by atoms with Crippen molar-refractivity contribution in [2.45, 2.75) is 0 Å². The lowest BCUT2D eigenvalue weighted by Crippen LogP contribution is -2.45. The molecule has 9 nitrogen and oxygen atoms in total. The van der Waals surface area contributed by atoms with Crippen molar-refractivity contribution in [3.05, 3.63) is 102 Å². The highest BCUT2D eigenvalue weighted by molar-refractivity contribution is 6.30. The van der Waals surface area contributed by atoms with Gasteiger partial charge in [0.15, 0.2) is 5.82 Å². The van der Waals surface area contributed by atoms with Crippen LogP contribution in [0.15, 0.2) is 97.0 Å². The quantitative estimate of drug-likeness (QED) is 0.500. The third kappa shape index (κ3) is 4.81. The number of urea groups is 2. The maximum Gasteiger partial charge on any atom is 0.336 e. The highest BCUT2D eigenvalue weighted by Gasteiger charge is 2.35. The van der Waals surface area contributed by atoms with Crippen LogP contribution in [0.5, 0.6) is 0 Å². The van der Waals surface area contributed by atoms with Gasteiger partial charge in [-0.3, -0.25) is 5.21 Å². The van der Waals surface area contributed by atoms with Crippen molar-refractivity contribution in [1.29, 1.82) is 0 Å². The van der Waals surface area contributed by atoms with Crippen LogP contribution in [0.4, 0.5) is 26.7 Å². The van der Waals surface area contributed by atoms with Crippen LogP contribution in [0.25, 0.3) is 0 Å². The number of halogens is 1. The highest BCUT2D eigenvalue weighted by Crippen LogP contribution is 2.28. The molecule has 1 aliphatic heterocycles. The minimum absolute atomic E-state index is 0.244. The number of carbonyl (C=O) groups excluding carboxylic acids is 2. The smallest absolute Gasteiger partial charge is 0.307 e. The molecule has 0 bridgehead atoms. The molecule has 162 valence electrons. The maximum absolute atomic E-state index is 13.1. The lowest BCUT2D eigenvalue weighted by atomic mass is 10.3. The molecule has 4 amide bonds. The number of hydroxylamine groups is 3. The van der Waals surface area contributed by atoms with Crippen LogP contribution < -0.4 is 15.7 Å². The van der Waals surface area contributed by atoms with Gasteiger partial charge >= 0.3 is 12.1 Å². The van der Waals surface area contributed by atoms with E-state index in [4.69, 9.17) is 16.5 Å². The summed E-state index contributed by atoms with van der Waals surface area (Å²) < 4.78 is 0. The number of benzene rings is 3. The van der Waals surface area contributed by atoms with Crippen molar-refractivity contribution in [1.82, 2.24) is 10.1 Å². The van der Waals surface area contributed by atoms with E-state index in [2.05, 4.69) is 10.6 Å². The second-order valence-electron chi connectivity index (χ2n) is 6.58. The third-order valence-electron chi connectivity index (χ3n) is 4.34. The maximum atomic E-state index is 13.1. The lowest BCUT2D eigenvalue weighted by Gasteiger charge is -2.24. The Bertz CT molecular complexity index is 1090. The number of hydrogen-bond acceptors (Lipinski definition) is 6. The van der Waals surface area contributed by atoms with Gasteiger partial charge in [0.1, 0.15) is 0 Å². The summed E-state index contributed by atoms with van der Waals surface area (Å²) in [7, 11) is 0. The first-order valence-electron chi connectivity index (χ1n) is 9.47. The number of nitrogens with zero attached hydrogens (tertiary/aromatic N) is 3. The van der Waals surface area contributed by atoms with Crippen molar-refractivity contribution in [2.24, 2.45) is 0 Å². The molecule has 0 aliphatic carbocycles. The average molecular weight is 452 g/mol. The Morgan fingerprint density at radius 1 is 0.844 bits per heavy atom. The topological polar surface area (TPSA) is 97.4 Å². The molecule has 10 heteroatoms. The molecule has 3 aromatic carbocycles. The molecule has 0 aromatic heterocycles. The van der Waals surface area contributed by atoms with Crippen molar-refractivity contribution in [3.8, 4) is 0 Å². The molecule has 0 saturated heterocycles. The molecular weight excluding hydrogens is 434 g/mol. The fourth-order valence-corrected chi connectivity index (χ4v) is 3.07. The first kappa shape index (κ1) is 21.2. The number of amides is 4. The number of imide groups is 1. The zero-order chi connectivity index (χ0) is 22.5. The van der Waals surface area contributed by atoms with Gasteiger partial charge < -0.3 is 10.6 Å². The van der Waals surface area contributed by atoms with Gasteiger partial charge in [0.25, 0.3) is 0 Å². The average Bonchev–Trinajstić information content (AvgIpc) is 3.16. The predicted octanol–water partition coefficient (Wildman–Crippen LogP) is 5.26. The normalized spacial score (nSPS) is 12.9. The lowest BCUT2D eigenvalue weighted by molar-refractivity contribution is -0.310. The van der Waals surface area contributed by atoms with E-state index in [0.717, 1.165) is 0 Å². The molecule has 1 heterocycles. The Balaban J connectivity index is 1.65. The molecule has 32 heavy (non-hydrogen) atoms. The number of hydrogen-bond donors (Lipinski definition) is 3. The van der Waals surface area contributed by atoms with E-state index in [9.17, 15) is 14.8 Å². The molecule has 0 saturated carbocycles. The second kappa shape index (κ2) is 9.40. The van der Waals surface area contributed by atoms with Crippen molar-refractivity contribution < 1.29 is 19.7 Å². The number of para-hydroxylation sites is 2. The van der Waals surface area contributed by atoms with Gasteiger partial charge in [0, 0.05) is 16.4 Å². The van der Waals surface area contributed by atoms with E-state index >= 15 is 0 Å². The number of carbonyl (C=O) groups is 2. The Labute approximate surface area is 188 Å². The summed E-state index contributed by atoms with van der Waals surface area (Å²) in [5.74, 6) is -0.244. The predicted molar refractivity (Wildman–Crippen MR) is 119 cm³/mol. The van der Waals surface area contributed by atoms with Gasteiger partial charge in [-0.2, -0.15) is 9.96 Å². The summed E-state index contributed by atoms with van der Waals surface area (Å²) in [6.45, 7) is 0. The second-order valence-corrected chi connectivity index (χ2v) is 7.01. The van der Waals surface area contributed by atoms with E-state index in [0.29, 0.717) is 32.2 Å². The van der Waals surface area contributed by atoms with Crippen LogP contribution in [0.3, 0.4) is 0 Å². The molecule has 0 atom stereocenters. The van der Waals surface area contributed by atoms with Crippen LogP contribution >= 0.6 is 11.6 Å². The standard InChI is InChI=1S/C22H18ClN5O4/c23-16-8-7-13-19(14-16)26-15-20(28(31)32-26)27(21(29)24-17-9-3-1-4-10-17)22(30)25-18-11-5-2-6-12-18/h1-15,31H,(H,24,29)(H,25,30). The SMILES string of the molecule is O=C(Nc1ccccc1)N(C(=O)Nc1ccccc1)C1=CN(c2cccc(Cl)c2)ON1O. The van der Waals surface area contributed by atoms with Gasteiger partial charge in [0.05, 0.1) is 11.9 Å². The highest BCUT2D eigenvalue weighted by atomic mass is 35.5. The molecule has 0 unspecified atom stereocenters. The summed E-state index contributed by atoms with van der Waals surface area (Å²) >= 11 is 6.02. The zero-order valence-electron chi connectivity index (χ0n) is 16.6. The van der Waals surface area contributed by atoms with E-state index in [1.54, 1.807) is 84.9 Å². The van der Waals surface area contributed by atoms with Gasteiger partial charge in [-0.25, -0.2) is 9.59 Å². The summed E-state index contributed by atoms with van der Waals surface area (Å²) in [6.07, 6.45) is 1.28. The molecule has 1 aliphatic rings. The first-order valence-corrected chi connectivity index (χ1v) is 9.85. The van der Waals surface area contributed by atoms with E-state index in [1.807, 2.05) is 0 Å². The number of anilines is 3. The van der Waals surface area contributed by atoms with Crippen LogP contribution in [0.1, 0.15) is 0 Å². The monoisotopic (exact) mass is 451 g/mol. The summed E-state index contributed by atoms with van der Waals surface area (Å²) in [5.41, 5.74) is 1.40. The molecule has 3 N–H and O–H groups in total. The van der Waals surface area contributed by atoms with Gasteiger partial charge in [0.2, 0.25) is 0 Å². The largest absolute Gasteiger partial charge is 0.336 e. The fourth-order valence-electron chi connectivity index (χ4n) is 2.88. The molecular formula is C22H18ClN5O4. The molecule has 0 fully saturated rings. The van der Waals surface area contributed by atoms with E-state index in [-0.39, 0.29) is 5.82 Å². The molecule has 4 rings (SSSR count). The minimum Gasteiger partial charge on any atom is -0.307 e. The Morgan fingerprint density at radius 2 is 1.41 bits per heavy atom. The number of nitrogens with one attached hydrogen (secondary N) is 2. The van der Waals surface area contributed by atoms with Crippen LogP contribution in [-0.4, -0.2) is 27.4 Å². The molecule has 0 spiro atoms. The van der Waals surface area contributed by atoms with Crippen molar-refractivity contribution >= 4 is 40.7 Å². The minimum atomic E-state index is -0.813. The Morgan fingerprint density at radius 3 is 1.94 bits per heavy atom. The van der Waals surface area contributed by atoms with Gasteiger partial charge in [-0.15, -0.1) is 4.94 Å². The van der Waals surface area contributed by atoms with E-state index < -0.39 is 12.1 Å². The first-order chi connectivity index (χ1) is 15.5. The van der Waals surface area contributed by atoms with Gasteiger partial charge in [-0.1, -0.05) is 59.3 Å². The molecule has 0 radical (unpaired) electrons. The van der Waals surface area contributed by atoms with Gasteiger partial charge in [-0.05, 0) is 42.5 Å². The Kier molecular flexibility index (Phi) is 6.22. The van der Waals surface area contributed by atoms with Crippen LogP contribution in [0, 0.1) is 0 Å².